The summed E-state index contributed by atoms with van der Waals surface area (Å²) in [7, 11) is 1.79. The number of carbonyl (C=O) groups is 1. The van der Waals surface area contributed by atoms with Gasteiger partial charge in [-0.05, 0) is 31.2 Å². The van der Waals surface area contributed by atoms with Gasteiger partial charge in [0.05, 0.1) is 5.69 Å². The molecule has 3 rings (SSSR count). The molecule has 7 nitrogen and oxygen atoms in total. The van der Waals surface area contributed by atoms with E-state index in [1.54, 1.807) is 11.7 Å². The lowest BCUT2D eigenvalue weighted by molar-refractivity contribution is 0.0904. The van der Waals surface area contributed by atoms with Crippen molar-refractivity contribution in [1.82, 2.24) is 25.2 Å². The van der Waals surface area contributed by atoms with Gasteiger partial charge in [-0.3, -0.25) is 9.48 Å². The molecule has 1 atom stereocenters. The molecule has 130 valence electrons. The molecule has 0 radical (unpaired) electrons. The van der Waals surface area contributed by atoms with Crippen LogP contribution in [-0.4, -0.2) is 25.8 Å². The lowest BCUT2D eigenvalue weighted by atomic mass is 10.0. The van der Waals surface area contributed by atoms with Crippen LogP contribution in [0.2, 0.25) is 0 Å². The molecular weight excluding hydrogens is 306 g/mol. The van der Waals surface area contributed by atoms with Crippen LogP contribution >= 0.6 is 0 Å². The Morgan fingerprint density at radius 2 is 2.21 bits per heavy atom. The summed E-state index contributed by atoms with van der Waals surface area (Å²) in [5, 5.41) is 11.5. The summed E-state index contributed by atoms with van der Waals surface area (Å²) < 4.78 is 7.03. The molecule has 0 aromatic carbocycles. The van der Waals surface area contributed by atoms with Crippen LogP contribution < -0.4 is 5.32 Å². The number of aromatic nitrogens is 4. The van der Waals surface area contributed by atoms with Crippen LogP contribution in [0.1, 0.15) is 79.9 Å². The molecule has 1 amide bonds. The fourth-order valence-corrected chi connectivity index (χ4v) is 2.73. The van der Waals surface area contributed by atoms with Gasteiger partial charge >= 0.3 is 0 Å². The molecule has 2 heterocycles. The maximum absolute atomic E-state index is 12.7. The molecule has 2 aromatic heterocycles. The second-order valence-electron chi connectivity index (χ2n) is 6.85. The highest BCUT2D eigenvalue weighted by Gasteiger charge is 2.32. The molecule has 0 bridgehead atoms. The number of hydrogen-bond donors (Lipinski definition) is 1. The third-order valence-electron chi connectivity index (χ3n) is 4.29. The van der Waals surface area contributed by atoms with Crippen molar-refractivity contribution in [3.8, 4) is 0 Å². The lowest BCUT2D eigenvalue weighted by Crippen LogP contribution is -2.33. The van der Waals surface area contributed by atoms with Crippen molar-refractivity contribution in [2.45, 2.75) is 58.4 Å². The largest absolute Gasteiger partial charge is 0.339 e. The van der Waals surface area contributed by atoms with E-state index in [4.69, 9.17) is 4.52 Å². The van der Waals surface area contributed by atoms with Crippen LogP contribution in [0.4, 0.5) is 0 Å². The van der Waals surface area contributed by atoms with Crippen LogP contribution in [0, 0.1) is 5.92 Å². The first-order valence-electron chi connectivity index (χ1n) is 8.66. The summed E-state index contributed by atoms with van der Waals surface area (Å²) in [6.07, 6.45) is 4.10. The summed E-state index contributed by atoms with van der Waals surface area (Å²) in [5.74, 6) is 1.65. The van der Waals surface area contributed by atoms with E-state index in [-0.39, 0.29) is 17.9 Å². The molecule has 0 spiro atoms. The van der Waals surface area contributed by atoms with Crippen molar-refractivity contribution >= 4 is 5.91 Å². The molecule has 1 aliphatic carbocycles. The number of aryl methyl sites for hydroxylation is 2. The first kappa shape index (κ1) is 16.7. The topological polar surface area (TPSA) is 85.8 Å². The summed E-state index contributed by atoms with van der Waals surface area (Å²) in [4.78, 5) is 17.1. The highest BCUT2D eigenvalue weighted by molar-refractivity contribution is 5.92. The van der Waals surface area contributed by atoms with Crippen LogP contribution in [0.15, 0.2) is 10.6 Å². The Hall–Kier alpha value is -2.18. The van der Waals surface area contributed by atoms with Crippen molar-refractivity contribution in [1.29, 1.82) is 0 Å². The fourth-order valence-electron chi connectivity index (χ4n) is 2.73. The minimum atomic E-state index is -0.304. The predicted molar refractivity (Wildman–Crippen MR) is 88.5 cm³/mol. The van der Waals surface area contributed by atoms with E-state index in [1.807, 2.05) is 19.9 Å². The van der Waals surface area contributed by atoms with E-state index in [0.717, 1.165) is 37.2 Å². The van der Waals surface area contributed by atoms with Gasteiger partial charge in [-0.2, -0.15) is 10.1 Å². The monoisotopic (exact) mass is 331 g/mol. The van der Waals surface area contributed by atoms with E-state index in [0.29, 0.717) is 17.5 Å². The van der Waals surface area contributed by atoms with Gasteiger partial charge in [0.25, 0.3) is 5.91 Å². The van der Waals surface area contributed by atoms with Crippen LogP contribution in [0.3, 0.4) is 0 Å². The summed E-state index contributed by atoms with van der Waals surface area (Å²) in [5.41, 5.74) is 1.48. The van der Waals surface area contributed by atoms with Crippen molar-refractivity contribution in [2.75, 3.05) is 0 Å². The van der Waals surface area contributed by atoms with Gasteiger partial charge in [0.1, 0.15) is 11.7 Å². The van der Waals surface area contributed by atoms with Gasteiger partial charge < -0.3 is 9.84 Å². The summed E-state index contributed by atoms with van der Waals surface area (Å²) in [6, 6.07) is 1.54. The van der Waals surface area contributed by atoms with E-state index in [2.05, 4.69) is 27.5 Å². The van der Waals surface area contributed by atoms with E-state index in [9.17, 15) is 4.79 Å². The zero-order valence-corrected chi connectivity index (χ0v) is 14.7. The first-order chi connectivity index (χ1) is 11.5. The maximum atomic E-state index is 12.7. The first-order valence-corrected chi connectivity index (χ1v) is 8.66. The Morgan fingerprint density at radius 1 is 1.46 bits per heavy atom. The van der Waals surface area contributed by atoms with Crippen LogP contribution in [-0.2, 0) is 13.5 Å². The molecule has 24 heavy (non-hydrogen) atoms. The molecule has 0 unspecified atom stereocenters. The van der Waals surface area contributed by atoms with Gasteiger partial charge in [-0.25, -0.2) is 0 Å². The van der Waals surface area contributed by atoms with Crippen LogP contribution in [0.25, 0.3) is 0 Å². The smallest absolute Gasteiger partial charge is 0.270 e. The average Bonchev–Trinajstić information content (AvgIpc) is 3.15. The molecule has 1 fully saturated rings. The van der Waals surface area contributed by atoms with Gasteiger partial charge in [-0.1, -0.05) is 32.3 Å². The molecular formula is C17H25N5O2. The molecule has 0 saturated heterocycles. The van der Waals surface area contributed by atoms with Crippen molar-refractivity contribution in [2.24, 2.45) is 13.0 Å². The summed E-state index contributed by atoms with van der Waals surface area (Å²) >= 11 is 0. The SMILES string of the molecule is CCCc1cc(C(=O)N[C@H](c2nc(C3CC3)no2)C(C)C)n(C)n1. The standard InChI is InChI=1S/C17H25N5O2/c1-5-6-12-9-13(22(4)20-12)16(23)18-14(10(2)3)17-19-15(21-24-17)11-7-8-11/h9-11,14H,5-8H2,1-4H3,(H,18,23)/t14-/m0/s1. The predicted octanol–water partition coefficient (Wildman–Crippen LogP) is 2.76. The van der Waals surface area contributed by atoms with Gasteiger partial charge in [0.15, 0.2) is 5.82 Å². The number of carbonyl (C=O) groups excluding carboxylic acids is 1. The highest BCUT2D eigenvalue weighted by atomic mass is 16.5. The van der Waals surface area contributed by atoms with Gasteiger partial charge in [0, 0.05) is 13.0 Å². The molecule has 1 N–H and O–H groups in total. The molecule has 2 aromatic rings. The minimum absolute atomic E-state index is 0.143. The summed E-state index contributed by atoms with van der Waals surface area (Å²) in [6.45, 7) is 6.14. The normalized spacial score (nSPS) is 15.7. The number of amides is 1. The number of nitrogens with zero attached hydrogens (tertiary/aromatic N) is 4. The Bertz CT molecular complexity index is 714. The molecule has 7 heteroatoms. The molecule has 1 saturated carbocycles. The van der Waals surface area contributed by atoms with Gasteiger partial charge in [0.2, 0.25) is 5.89 Å². The zero-order chi connectivity index (χ0) is 17.3. The Balaban J connectivity index is 1.76. The fraction of sp³-hybridized carbons (Fsp3) is 0.647. The number of rotatable bonds is 7. The third-order valence-corrected chi connectivity index (χ3v) is 4.29. The van der Waals surface area contributed by atoms with Gasteiger partial charge in [-0.15, -0.1) is 0 Å². The maximum Gasteiger partial charge on any atom is 0.270 e. The number of nitrogens with one attached hydrogen (secondary N) is 1. The highest BCUT2D eigenvalue weighted by Crippen LogP contribution is 2.38. The average molecular weight is 331 g/mol. The number of hydrogen-bond acceptors (Lipinski definition) is 5. The van der Waals surface area contributed by atoms with E-state index in [1.165, 1.54) is 0 Å². The van der Waals surface area contributed by atoms with Crippen molar-refractivity contribution in [3.05, 3.63) is 29.2 Å². The molecule has 1 aliphatic rings. The second-order valence-corrected chi connectivity index (χ2v) is 6.85. The Labute approximate surface area is 141 Å². The van der Waals surface area contributed by atoms with Crippen molar-refractivity contribution in [3.63, 3.8) is 0 Å². The lowest BCUT2D eigenvalue weighted by Gasteiger charge is -2.18. The quantitative estimate of drug-likeness (QED) is 0.843. The Morgan fingerprint density at radius 3 is 2.83 bits per heavy atom. The minimum Gasteiger partial charge on any atom is -0.339 e. The third kappa shape index (κ3) is 3.49. The Kier molecular flexibility index (Phi) is 4.69. The van der Waals surface area contributed by atoms with E-state index >= 15 is 0 Å². The van der Waals surface area contributed by atoms with E-state index < -0.39 is 0 Å². The second kappa shape index (κ2) is 6.75. The van der Waals surface area contributed by atoms with Crippen molar-refractivity contribution < 1.29 is 9.32 Å². The zero-order valence-electron chi connectivity index (χ0n) is 14.7. The molecule has 0 aliphatic heterocycles. The van der Waals surface area contributed by atoms with Crippen LogP contribution in [0.5, 0.6) is 0 Å².